The van der Waals surface area contributed by atoms with Crippen LogP contribution < -0.4 is 11.1 Å². The van der Waals surface area contributed by atoms with Crippen LogP contribution in [0, 0.1) is 5.92 Å². The molecule has 7 nitrogen and oxygen atoms in total. The van der Waals surface area contributed by atoms with Gasteiger partial charge in [-0.2, -0.15) is 0 Å². The summed E-state index contributed by atoms with van der Waals surface area (Å²) in [5.41, 5.74) is 6.07. The molecule has 3 N–H and O–H groups in total. The minimum absolute atomic E-state index is 0.112. The Morgan fingerprint density at radius 2 is 1.73 bits per heavy atom. The van der Waals surface area contributed by atoms with E-state index in [9.17, 15) is 9.59 Å². The molecule has 0 saturated carbocycles. The van der Waals surface area contributed by atoms with Crippen molar-refractivity contribution < 1.29 is 9.59 Å². The molecule has 3 rings (SSSR count). The van der Waals surface area contributed by atoms with E-state index in [4.69, 9.17) is 5.73 Å². The van der Waals surface area contributed by atoms with Gasteiger partial charge in [-0.3, -0.25) is 9.59 Å². The maximum Gasteiger partial charge on any atom is 0.237 e. The summed E-state index contributed by atoms with van der Waals surface area (Å²) in [6.07, 6.45) is 0.646. The van der Waals surface area contributed by atoms with Crippen molar-refractivity contribution in [2.45, 2.75) is 60.4 Å². The lowest BCUT2D eigenvalue weighted by Gasteiger charge is -2.16. The monoisotopic (exact) mass is 483 g/mol. The first-order chi connectivity index (χ1) is 15.8. The topological polar surface area (TPSA) is 103 Å². The van der Waals surface area contributed by atoms with Crippen molar-refractivity contribution in [3.8, 4) is 0 Å². The second kappa shape index (κ2) is 11.9. The number of anilines is 1. The molecule has 1 aromatic heterocycles. The van der Waals surface area contributed by atoms with Crippen molar-refractivity contribution in [1.29, 1.82) is 0 Å². The summed E-state index contributed by atoms with van der Waals surface area (Å²) in [6.45, 7) is 6.76. The SMILES string of the molecule is CC(C)Cn1c(CCC(N)=O)nnc1SC(C)C(=O)Nc1ccccc1Sc1ccccc1. The van der Waals surface area contributed by atoms with Gasteiger partial charge in [-0.25, -0.2) is 0 Å². The number of carbonyl (C=O) groups is 2. The number of aromatic nitrogens is 3. The highest BCUT2D eigenvalue weighted by Crippen LogP contribution is 2.34. The molecule has 174 valence electrons. The average Bonchev–Trinajstić information content (AvgIpc) is 3.14. The fraction of sp³-hybridized carbons (Fsp3) is 0.333. The van der Waals surface area contributed by atoms with Gasteiger partial charge >= 0.3 is 0 Å². The van der Waals surface area contributed by atoms with Gasteiger partial charge in [0, 0.05) is 29.2 Å². The molecule has 1 atom stereocenters. The maximum atomic E-state index is 13.0. The Kier molecular flexibility index (Phi) is 8.96. The fourth-order valence-corrected chi connectivity index (χ4v) is 4.90. The standard InChI is InChI=1S/C24H29N5O2S2/c1-16(2)15-29-22(14-13-21(25)30)27-28-24(29)32-17(3)23(31)26-19-11-7-8-12-20(19)33-18-9-5-4-6-10-18/h4-12,16-17H,13-15H2,1-3H3,(H2,25,30)(H,26,31). The van der Waals surface area contributed by atoms with Crippen LogP contribution in [0.5, 0.6) is 0 Å². The minimum atomic E-state index is -0.390. The molecule has 1 unspecified atom stereocenters. The van der Waals surface area contributed by atoms with Crippen molar-refractivity contribution in [2.24, 2.45) is 11.7 Å². The predicted molar refractivity (Wildman–Crippen MR) is 133 cm³/mol. The number of aryl methyl sites for hydroxylation is 1. The van der Waals surface area contributed by atoms with Gasteiger partial charge in [-0.05, 0) is 37.1 Å². The van der Waals surface area contributed by atoms with E-state index in [-0.39, 0.29) is 23.5 Å². The zero-order valence-corrected chi connectivity index (χ0v) is 20.7. The van der Waals surface area contributed by atoms with Gasteiger partial charge in [-0.15, -0.1) is 10.2 Å². The molecule has 0 radical (unpaired) electrons. The minimum Gasteiger partial charge on any atom is -0.370 e. The second-order valence-electron chi connectivity index (χ2n) is 8.03. The van der Waals surface area contributed by atoms with Gasteiger partial charge in [0.05, 0.1) is 10.9 Å². The van der Waals surface area contributed by atoms with Gasteiger partial charge in [-0.1, -0.05) is 67.7 Å². The molecule has 0 saturated heterocycles. The van der Waals surface area contributed by atoms with Crippen LogP contribution >= 0.6 is 23.5 Å². The molecule has 0 aliphatic heterocycles. The van der Waals surface area contributed by atoms with E-state index < -0.39 is 0 Å². The van der Waals surface area contributed by atoms with Crippen molar-refractivity contribution in [3.63, 3.8) is 0 Å². The zero-order valence-electron chi connectivity index (χ0n) is 19.0. The van der Waals surface area contributed by atoms with E-state index in [1.807, 2.05) is 66.1 Å². The number of nitrogens with two attached hydrogens (primary N) is 1. The fourth-order valence-electron chi connectivity index (χ4n) is 3.10. The third-order valence-corrected chi connectivity index (χ3v) is 6.87. The third-order valence-electron chi connectivity index (χ3n) is 4.70. The lowest BCUT2D eigenvalue weighted by molar-refractivity contribution is -0.118. The summed E-state index contributed by atoms with van der Waals surface area (Å²) in [4.78, 5) is 26.3. The zero-order chi connectivity index (χ0) is 23.8. The van der Waals surface area contributed by atoms with Crippen LogP contribution in [-0.2, 0) is 22.6 Å². The lowest BCUT2D eigenvalue weighted by atomic mass is 10.2. The Morgan fingerprint density at radius 3 is 2.42 bits per heavy atom. The average molecular weight is 484 g/mol. The summed E-state index contributed by atoms with van der Waals surface area (Å²) in [5.74, 6) is 0.586. The molecule has 2 amide bonds. The molecule has 2 aromatic carbocycles. The van der Waals surface area contributed by atoms with Gasteiger partial charge in [0.1, 0.15) is 5.82 Å². The van der Waals surface area contributed by atoms with Gasteiger partial charge in [0.25, 0.3) is 0 Å². The van der Waals surface area contributed by atoms with Crippen molar-refractivity contribution in [3.05, 3.63) is 60.4 Å². The summed E-state index contributed by atoms with van der Waals surface area (Å²) >= 11 is 2.97. The molecule has 3 aromatic rings. The molecule has 0 bridgehead atoms. The number of benzene rings is 2. The van der Waals surface area contributed by atoms with Crippen LogP contribution in [0.25, 0.3) is 0 Å². The van der Waals surface area contributed by atoms with Crippen LogP contribution in [-0.4, -0.2) is 31.8 Å². The highest BCUT2D eigenvalue weighted by Gasteiger charge is 2.21. The molecular formula is C24H29N5O2S2. The second-order valence-corrected chi connectivity index (χ2v) is 10.5. The number of para-hydroxylation sites is 1. The first kappa shape index (κ1) is 24.9. The Labute approximate surface area is 202 Å². The Balaban J connectivity index is 1.71. The summed E-state index contributed by atoms with van der Waals surface area (Å²) in [7, 11) is 0. The molecule has 1 heterocycles. The largest absolute Gasteiger partial charge is 0.370 e. The van der Waals surface area contributed by atoms with E-state index in [0.717, 1.165) is 15.5 Å². The number of nitrogens with zero attached hydrogens (tertiary/aromatic N) is 3. The van der Waals surface area contributed by atoms with E-state index in [1.54, 1.807) is 11.8 Å². The Morgan fingerprint density at radius 1 is 1.03 bits per heavy atom. The Hall–Kier alpha value is -2.78. The molecule has 0 fully saturated rings. The number of hydrogen-bond donors (Lipinski definition) is 2. The van der Waals surface area contributed by atoms with Crippen LogP contribution in [0.4, 0.5) is 5.69 Å². The third kappa shape index (κ3) is 7.36. The number of carbonyl (C=O) groups excluding carboxylic acids is 2. The summed E-state index contributed by atoms with van der Waals surface area (Å²) < 4.78 is 1.99. The highest BCUT2D eigenvalue weighted by molar-refractivity contribution is 8.00. The van der Waals surface area contributed by atoms with Crippen molar-refractivity contribution in [2.75, 3.05) is 5.32 Å². The van der Waals surface area contributed by atoms with Gasteiger partial charge in [0.2, 0.25) is 11.8 Å². The van der Waals surface area contributed by atoms with Gasteiger partial charge < -0.3 is 15.6 Å². The van der Waals surface area contributed by atoms with Crippen LogP contribution in [0.2, 0.25) is 0 Å². The molecule has 0 aliphatic carbocycles. The normalized spacial score (nSPS) is 12.0. The number of rotatable bonds is 11. The predicted octanol–water partition coefficient (Wildman–Crippen LogP) is 4.62. The van der Waals surface area contributed by atoms with Crippen LogP contribution in [0.1, 0.15) is 33.0 Å². The number of hydrogen-bond acceptors (Lipinski definition) is 6. The molecule has 0 spiro atoms. The summed E-state index contributed by atoms with van der Waals surface area (Å²) in [6, 6.07) is 17.8. The van der Waals surface area contributed by atoms with Gasteiger partial charge in [0.15, 0.2) is 5.16 Å². The number of primary amides is 1. The molecule has 0 aliphatic rings. The lowest BCUT2D eigenvalue weighted by Crippen LogP contribution is -2.23. The highest BCUT2D eigenvalue weighted by atomic mass is 32.2. The smallest absolute Gasteiger partial charge is 0.237 e. The Bertz CT molecular complexity index is 1090. The van der Waals surface area contributed by atoms with E-state index >= 15 is 0 Å². The number of amides is 2. The quantitative estimate of drug-likeness (QED) is 0.386. The molecular weight excluding hydrogens is 454 g/mol. The first-order valence-corrected chi connectivity index (χ1v) is 12.5. The summed E-state index contributed by atoms with van der Waals surface area (Å²) in [5, 5.41) is 11.9. The molecule has 33 heavy (non-hydrogen) atoms. The van der Waals surface area contributed by atoms with E-state index in [1.165, 1.54) is 11.8 Å². The van der Waals surface area contributed by atoms with E-state index in [0.29, 0.717) is 29.9 Å². The van der Waals surface area contributed by atoms with Crippen molar-refractivity contribution in [1.82, 2.24) is 14.8 Å². The van der Waals surface area contributed by atoms with E-state index in [2.05, 4.69) is 29.4 Å². The first-order valence-electron chi connectivity index (χ1n) is 10.8. The van der Waals surface area contributed by atoms with Crippen LogP contribution in [0.3, 0.4) is 0 Å². The molecule has 9 heteroatoms. The maximum absolute atomic E-state index is 13.0. The van der Waals surface area contributed by atoms with Crippen molar-refractivity contribution >= 4 is 41.0 Å². The number of thioether (sulfide) groups is 1. The van der Waals surface area contributed by atoms with Crippen LogP contribution in [0.15, 0.2) is 69.5 Å². The number of nitrogens with one attached hydrogen (secondary N) is 1.